The van der Waals surface area contributed by atoms with E-state index in [4.69, 9.17) is 37.6 Å². The van der Waals surface area contributed by atoms with Crippen molar-refractivity contribution >= 4 is 38.2 Å². The first-order valence-corrected chi connectivity index (χ1v) is 16.4. The minimum Gasteiger partial charge on any atom is -0.547 e. The summed E-state index contributed by atoms with van der Waals surface area (Å²) in [7, 11) is -1.18. The summed E-state index contributed by atoms with van der Waals surface area (Å²) >= 11 is 0. The molecule has 0 unspecified atom stereocenters. The standard InChI is InChI=1S/C25H37NO15Si/c1-12(27)35-11-19-21(36-13(2)28)22(37-14(3)29)23(38-15(4)30)25(40-19)39-18-10-16(41-42(6,7)8)9-17(24(31)34-5)20(18)26(32)33/h10,17-23,25H,9,11H2,1-8H3/t17-,18+,19-,20+,21-,22+,23-,25-/m1/s1. The molecule has 17 heteroatoms. The number of rotatable bonds is 11. The van der Waals surface area contributed by atoms with Crippen molar-refractivity contribution in [2.24, 2.45) is 5.92 Å². The van der Waals surface area contributed by atoms with Crippen molar-refractivity contribution in [3.63, 3.8) is 0 Å². The maximum atomic E-state index is 12.7. The molecular formula is C25H37NO15Si. The number of ether oxygens (including phenoxy) is 7. The van der Waals surface area contributed by atoms with Crippen molar-refractivity contribution in [3.8, 4) is 0 Å². The molecule has 0 aromatic rings. The molecule has 1 fully saturated rings. The largest absolute Gasteiger partial charge is 0.547 e. The fourth-order valence-electron chi connectivity index (χ4n) is 4.60. The Kier molecular flexibility index (Phi) is 12.0. The van der Waals surface area contributed by atoms with Crippen molar-refractivity contribution < 1.29 is 66.5 Å². The van der Waals surface area contributed by atoms with E-state index >= 15 is 0 Å². The lowest BCUT2D eigenvalue weighted by Crippen LogP contribution is -2.64. The van der Waals surface area contributed by atoms with Crippen LogP contribution in [0.15, 0.2) is 11.8 Å². The second-order valence-corrected chi connectivity index (χ2v) is 15.1. The second-order valence-electron chi connectivity index (χ2n) is 10.6. The summed E-state index contributed by atoms with van der Waals surface area (Å²) in [5.74, 6) is -5.24. The van der Waals surface area contributed by atoms with Crippen molar-refractivity contribution in [3.05, 3.63) is 21.9 Å². The van der Waals surface area contributed by atoms with Gasteiger partial charge < -0.3 is 37.6 Å². The SMILES string of the molecule is COC(=O)[C@@H]1CC(O[Si](C)(C)C)=C[C@H](O[C@@H]2O[C@H](COC(C)=O)[C@@H](OC(C)=O)[C@H](OC(C)=O)[C@H]2OC(C)=O)[C@H]1[N+](=O)[O-]. The smallest absolute Gasteiger partial charge is 0.316 e. The monoisotopic (exact) mass is 619 g/mol. The molecule has 2 aliphatic rings. The molecule has 236 valence electrons. The predicted octanol–water partition coefficient (Wildman–Crippen LogP) is 1.03. The topological polar surface area (TPSA) is 202 Å². The third kappa shape index (κ3) is 9.76. The molecule has 0 aromatic heterocycles. The summed E-state index contributed by atoms with van der Waals surface area (Å²) in [6.07, 6.45) is -7.98. The maximum Gasteiger partial charge on any atom is 0.316 e. The molecule has 2 rings (SSSR count). The van der Waals surface area contributed by atoms with Crippen LogP contribution in [0.3, 0.4) is 0 Å². The Balaban J connectivity index is 2.64. The van der Waals surface area contributed by atoms with Gasteiger partial charge in [-0.2, -0.15) is 0 Å². The molecule has 0 N–H and O–H groups in total. The molecule has 42 heavy (non-hydrogen) atoms. The van der Waals surface area contributed by atoms with Crippen LogP contribution in [-0.2, 0) is 61.6 Å². The Bertz CT molecular complexity index is 1090. The molecule has 0 radical (unpaired) electrons. The van der Waals surface area contributed by atoms with Crippen LogP contribution in [0, 0.1) is 16.0 Å². The molecule has 0 amide bonds. The lowest BCUT2D eigenvalue weighted by molar-refractivity contribution is -0.544. The van der Waals surface area contributed by atoms with E-state index < -0.39 is 98.5 Å². The van der Waals surface area contributed by atoms with Gasteiger partial charge in [0.15, 0.2) is 30.7 Å². The van der Waals surface area contributed by atoms with Crippen LogP contribution in [0.1, 0.15) is 34.1 Å². The minimum atomic E-state index is -2.27. The van der Waals surface area contributed by atoms with Crippen molar-refractivity contribution in [1.82, 2.24) is 0 Å². The zero-order chi connectivity index (χ0) is 31.9. The molecule has 0 spiro atoms. The van der Waals surface area contributed by atoms with Crippen molar-refractivity contribution in [1.29, 1.82) is 0 Å². The third-order valence-corrected chi connectivity index (χ3v) is 6.82. The molecule has 0 saturated carbocycles. The number of hydrogen-bond acceptors (Lipinski definition) is 15. The number of nitrogens with zero attached hydrogens (tertiary/aromatic N) is 1. The van der Waals surface area contributed by atoms with E-state index in [-0.39, 0.29) is 12.2 Å². The highest BCUT2D eigenvalue weighted by Gasteiger charge is 2.56. The Morgan fingerprint density at radius 2 is 1.48 bits per heavy atom. The average Bonchev–Trinajstić information content (AvgIpc) is 2.83. The van der Waals surface area contributed by atoms with E-state index in [1.807, 2.05) is 19.6 Å². The Hall–Kier alpha value is -3.57. The first-order chi connectivity index (χ1) is 19.4. The zero-order valence-electron chi connectivity index (χ0n) is 24.7. The quantitative estimate of drug-likeness (QED) is 0.104. The Morgan fingerprint density at radius 3 is 1.95 bits per heavy atom. The van der Waals surface area contributed by atoms with Gasteiger partial charge in [0, 0.05) is 39.0 Å². The summed E-state index contributed by atoms with van der Waals surface area (Å²) in [6, 6.07) is -1.70. The summed E-state index contributed by atoms with van der Waals surface area (Å²) < 4.78 is 43.9. The summed E-state index contributed by atoms with van der Waals surface area (Å²) in [5, 5.41) is 12.3. The average molecular weight is 620 g/mol. The molecule has 0 aromatic carbocycles. The number of hydrogen-bond donors (Lipinski definition) is 0. The minimum absolute atomic E-state index is 0.138. The summed E-state index contributed by atoms with van der Waals surface area (Å²) in [5.41, 5.74) is 0. The third-order valence-electron chi connectivity index (χ3n) is 5.94. The number of carbonyl (C=O) groups excluding carboxylic acids is 5. The van der Waals surface area contributed by atoms with Gasteiger partial charge in [0.25, 0.3) is 6.04 Å². The first-order valence-electron chi connectivity index (χ1n) is 13.0. The molecule has 1 aliphatic carbocycles. The van der Waals surface area contributed by atoms with Crippen molar-refractivity contribution in [2.45, 2.75) is 96.6 Å². The Morgan fingerprint density at radius 1 is 0.929 bits per heavy atom. The van der Waals surface area contributed by atoms with Gasteiger partial charge in [-0.15, -0.1) is 0 Å². The van der Waals surface area contributed by atoms with E-state index in [1.54, 1.807) is 0 Å². The number of esters is 5. The Labute approximate surface area is 243 Å². The number of allylic oxidation sites excluding steroid dienone is 1. The first kappa shape index (κ1) is 34.6. The summed E-state index contributed by atoms with van der Waals surface area (Å²) in [4.78, 5) is 71.9. The van der Waals surface area contributed by atoms with E-state index in [1.165, 1.54) is 6.08 Å². The van der Waals surface area contributed by atoms with Gasteiger partial charge in [0.1, 0.15) is 18.6 Å². The molecular weight excluding hydrogens is 582 g/mol. The molecule has 1 aliphatic heterocycles. The molecule has 1 heterocycles. The predicted molar refractivity (Wildman–Crippen MR) is 140 cm³/mol. The van der Waals surface area contributed by atoms with Gasteiger partial charge in [-0.3, -0.25) is 34.1 Å². The zero-order valence-corrected chi connectivity index (χ0v) is 25.7. The fourth-order valence-corrected chi connectivity index (χ4v) is 5.54. The molecule has 8 atom stereocenters. The molecule has 1 saturated heterocycles. The van der Waals surface area contributed by atoms with Gasteiger partial charge in [0.05, 0.1) is 12.9 Å². The van der Waals surface area contributed by atoms with Gasteiger partial charge in [0.2, 0.25) is 8.32 Å². The van der Waals surface area contributed by atoms with E-state index in [2.05, 4.69) is 0 Å². The fraction of sp³-hybridized carbons (Fsp3) is 0.720. The van der Waals surface area contributed by atoms with E-state index in [0.717, 1.165) is 34.8 Å². The van der Waals surface area contributed by atoms with Crippen molar-refractivity contribution in [2.75, 3.05) is 13.7 Å². The summed E-state index contributed by atoms with van der Waals surface area (Å²) in [6.45, 7) is 9.37. The lowest BCUT2D eigenvalue weighted by Gasteiger charge is -2.45. The van der Waals surface area contributed by atoms with Crippen LogP contribution in [0.4, 0.5) is 0 Å². The number of nitro groups is 1. The van der Waals surface area contributed by atoms with Gasteiger partial charge in [-0.25, -0.2) is 0 Å². The van der Waals surface area contributed by atoms with Crippen LogP contribution in [-0.4, -0.2) is 99.7 Å². The lowest BCUT2D eigenvalue weighted by atomic mass is 9.86. The van der Waals surface area contributed by atoms with Crippen LogP contribution < -0.4 is 0 Å². The molecule has 16 nitrogen and oxygen atoms in total. The highest BCUT2D eigenvalue weighted by molar-refractivity contribution is 6.70. The highest BCUT2D eigenvalue weighted by atomic mass is 28.4. The second kappa shape index (κ2) is 14.5. The maximum absolute atomic E-state index is 12.7. The number of carbonyl (C=O) groups is 5. The van der Waals surface area contributed by atoms with Crippen LogP contribution in [0.2, 0.25) is 19.6 Å². The number of methoxy groups -OCH3 is 1. The van der Waals surface area contributed by atoms with Crippen LogP contribution in [0.25, 0.3) is 0 Å². The highest BCUT2D eigenvalue weighted by Crippen LogP contribution is 2.36. The normalized spacial score (nSPS) is 29.3. The van der Waals surface area contributed by atoms with Gasteiger partial charge in [-0.05, 0) is 25.7 Å². The van der Waals surface area contributed by atoms with Gasteiger partial charge in [-0.1, -0.05) is 0 Å². The van der Waals surface area contributed by atoms with E-state index in [9.17, 15) is 34.1 Å². The van der Waals surface area contributed by atoms with Gasteiger partial charge >= 0.3 is 29.8 Å². The van der Waals surface area contributed by atoms with Crippen LogP contribution >= 0.6 is 0 Å². The molecule has 0 bridgehead atoms. The van der Waals surface area contributed by atoms with Crippen LogP contribution in [0.5, 0.6) is 0 Å². The van der Waals surface area contributed by atoms with E-state index in [0.29, 0.717) is 0 Å².